The number of benzene rings is 1. The Bertz CT molecular complexity index is 1520. The Morgan fingerprint density at radius 1 is 1.23 bits per heavy atom. The highest BCUT2D eigenvalue weighted by Gasteiger charge is 2.32. The first kappa shape index (κ1) is 25.5. The van der Waals surface area contributed by atoms with Crippen LogP contribution in [0.5, 0.6) is 5.75 Å². The third-order valence-electron chi connectivity index (χ3n) is 6.90. The van der Waals surface area contributed by atoms with Gasteiger partial charge in [-0.05, 0) is 78.0 Å². The van der Waals surface area contributed by atoms with E-state index < -0.39 is 6.04 Å². The summed E-state index contributed by atoms with van der Waals surface area (Å²) in [6.07, 6.45) is 3.66. The molecule has 1 saturated heterocycles. The van der Waals surface area contributed by atoms with Gasteiger partial charge in [0.1, 0.15) is 17.6 Å². The van der Waals surface area contributed by atoms with Crippen LogP contribution in [0.1, 0.15) is 47.8 Å². The lowest BCUT2D eigenvalue weighted by Gasteiger charge is -2.30. The number of tetrazole rings is 1. The quantitative estimate of drug-likeness (QED) is 0.257. The van der Waals surface area contributed by atoms with Crippen LogP contribution in [0, 0.1) is 0 Å². The molecule has 0 aliphatic carbocycles. The van der Waals surface area contributed by atoms with Crippen molar-refractivity contribution in [3.05, 3.63) is 92.6 Å². The molecule has 2 atom stereocenters. The molecule has 5 heterocycles. The van der Waals surface area contributed by atoms with Gasteiger partial charge in [0.25, 0.3) is 5.56 Å². The number of furan rings is 1. The van der Waals surface area contributed by atoms with E-state index in [0.29, 0.717) is 37.6 Å². The van der Waals surface area contributed by atoms with Gasteiger partial charge in [-0.25, -0.2) is 4.68 Å². The van der Waals surface area contributed by atoms with E-state index in [-0.39, 0.29) is 11.7 Å². The second kappa shape index (κ2) is 11.5. The van der Waals surface area contributed by atoms with Crippen LogP contribution in [0.15, 0.2) is 69.4 Å². The van der Waals surface area contributed by atoms with Crippen LogP contribution < -0.4 is 10.3 Å². The highest BCUT2D eigenvalue weighted by Crippen LogP contribution is 2.32. The fraction of sp³-hybridized carbons (Fsp3) is 0.357. The molecule has 1 fully saturated rings. The maximum absolute atomic E-state index is 13.7. The Kier molecular flexibility index (Phi) is 7.53. The first-order valence-electron chi connectivity index (χ1n) is 13.1. The number of nitrogens with zero attached hydrogens (tertiary/aromatic N) is 5. The van der Waals surface area contributed by atoms with Gasteiger partial charge in [-0.2, -0.15) is 0 Å². The molecule has 0 bridgehead atoms. The minimum atomic E-state index is -0.558. The zero-order chi connectivity index (χ0) is 26.6. The minimum absolute atomic E-state index is 0.0346. The number of pyridine rings is 1. The normalized spacial score (nSPS) is 16.3. The van der Waals surface area contributed by atoms with E-state index in [4.69, 9.17) is 13.9 Å². The Labute approximate surface area is 229 Å². The number of nitrogens with one attached hydrogen (secondary N) is 1. The minimum Gasteiger partial charge on any atom is -0.494 e. The Morgan fingerprint density at radius 2 is 2.18 bits per heavy atom. The molecule has 0 radical (unpaired) electrons. The molecule has 1 aliphatic rings. The van der Waals surface area contributed by atoms with Crippen LogP contribution in [0.3, 0.4) is 0 Å². The van der Waals surface area contributed by atoms with Gasteiger partial charge in [-0.15, -0.1) is 16.4 Å². The van der Waals surface area contributed by atoms with Gasteiger partial charge in [-0.3, -0.25) is 9.69 Å². The van der Waals surface area contributed by atoms with E-state index >= 15 is 0 Å². The second-order valence-electron chi connectivity index (χ2n) is 9.56. The zero-order valence-corrected chi connectivity index (χ0v) is 22.5. The number of hydrogen-bond donors (Lipinski definition) is 1. The lowest BCUT2D eigenvalue weighted by Crippen LogP contribution is -2.35. The fourth-order valence-electron chi connectivity index (χ4n) is 5.12. The molecule has 202 valence electrons. The number of aromatic amines is 1. The summed E-state index contributed by atoms with van der Waals surface area (Å²) in [5.41, 5.74) is 1.09. The molecular weight excluding hydrogens is 516 g/mol. The number of ether oxygens (including phenoxy) is 2. The Morgan fingerprint density at radius 3 is 2.95 bits per heavy atom. The molecule has 39 heavy (non-hydrogen) atoms. The number of fused-ring (bicyclic) bond motifs is 1. The summed E-state index contributed by atoms with van der Waals surface area (Å²) in [6.45, 7) is 4.79. The van der Waals surface area contributed by atoms with Crippen LogP contribution in [-0.2, 0) is 24.4 Å². The smallest absolute Gasteiger partial charge is 0.253 e. The van der Waals surface area contributed by atoms with Crippen LogP contribution in [0.25, 0.3) is 10.9 Å². The summed E-state index contributed by atoms with van der Waals surface area (Å²) in [5.74, 6) is 2.11. The van der Waals surface area contributed by atoms with Crippen LogP contribution in [-0.4, -0.2) is 49.4 Å². The van der Waals surface area contributed by atoms with Gasteiger partial charge in [0.05, 0.1) is 32.1 Å². The first-order chi connectivity index (χ1) is 19.2. The summed E-state index contributed by atoms with van der Waals surface area (Å²) >= 11 is 1.67. The van der Waals surface area contributed by atoms with Crippen molar-refractivity contribution in [3.63, 3.8) is 0 Å². The van der Waals surface area contributed by atoms with Crippen molar-refractivity contribution >= 4 is 22.2 Å². The monoisotopic (exact) mass is 546 g/mol. The fourth-order valence-corrected chi connectivity index (χ4v) is 5.85. The molecule has 11 heteroatoms. The summed E-state index contributed by atoms with van der Waals surface area (Å²) in [4.78, 5) is 20.1. The van der Waals surface area contributed by atoms with Crippen molar-refractivity contribution < 1.29 is 13.9 Å². The Hall–Kier alpha value is -3.80. The number of hydrogen-bond acceptors (Lipinski definition) is 9. The topological polar surface area (TPSA) is 111 Å². The van der Waals surface area contributed by atoms with Crippen LogP contribution in [0.4, 0.5) is 0 Å². The lowest BCUT2D eigenvalue weighted by atomic mass is 10.0. The molecule has 0 saturated carbocycles. The maximum atomic E-state index is 13.7. The zero-order valence-electron chi connectivity index (χ0n) is 21.7. The maximum Gasteiger partial charge on any atom is 0.253 e. The van der Waals surface area contributed by atoms with Gasteiger partial charge in [0.2, 0.25) is 0 Å². The molecule has 0 unspecified atom stereocenters. The molecule has 4 aromatic heterocycles. The number of rotatable bonds is 11. The summed E-state index contributed by atoms with van der Waals surface area (Å²) in [5, 5.41) is 15.8. The molecule has 0 spiro atoms. The van der Waals surface area contributed by atoms with Crippen molar-refractivity contribution in [3.8, 4) is 5.75 Å². The number of thiophene rings is 1. The molecular formula is C28H30N6O4S. The molecule has 10 nitrogen and oxygen atoms in total. The summed E-state index contributed by atoms with van der Waals surface area (Å²) in [6, 6.07) is 15.0. The van der Waals surface area contributed by atoms with E-state index in [9.17, 15) is 4.79 Å². The molecule has 5 aromatic rings. The number of aromatic nitrogens is 5. The Balaban J connectivity index is 1.49. The standard InChI is InChI=1S/C28H30N6O4S/c1-2-36-20-9-10-25-19(14-20)15-24(28(35)29-25)26(27-30-31-32-34(27)17-22-7-4-12-38-22)33(16-21-6-3-11-37-21)18-23-8-5-13-39-23/h3,5-6,8-11,13-15,22,26H,2,4,7,12,16-18H2,1H3,(H,29,35)/t22-,26+/m1/s1. The number of H-pyrrole nitrogens is 1. The van der Waals surface area contributed by atoms with Gasteiger partial charge in [0.15, 0.2) is 5.82 Å². The summed E-state index contributed by atoms with van der Waals surface area (Å²) < 4.78 is 19.2. The largest absolute Gasteiger partial charge is 0.494 e. The molecule has 1 aromatic carbocycles. The molecule has 1 N–H and O–H groups in total. The molecule has 6 rings (SSSR count). The van der Waals surface area contributed by atoms with Gasteiger partial charge < -0.3 is 18.9 Å². The third-order valence-corrected chi connectivity index (χ3v) is 7.76. The van der Waals surface area contributed by atoms with Crippen molar-refractivity contribution in [2.45, 2.75) is 51.5 Å². The highest BCUT2D eigenvalue weighted by molar-refractivity contribution is 7.09. The van der Waals surface area contributed by atoms with Crippen molar-refractivity contribution in [2.75, 3.05) is 13.2 Å². The van der Waals surface area contributed by atoms with Crippen molar-refractivity contribution in [1.82, 2.24) is 30.1 Å². The molecule has 1 aliphatic heterocycles. The third kappa shape index (κ3) is 5.65. The van der Waals surface area contributed by atoms with E-state index in [1.165, 1.54) is 0 Å². The second-order valence-corrected chi connectivity index (χ2v) is 10.6. The van der Waals surface area contributed by atoms with Gasteiger partial charge >= 0.3 is 0 Å². The predicted molar refractivity (Wildman–Crippen MR) is 147 cm³/mol. The first-order valence-corrected chi connectivity index (χ1v) is 14.0. The van der Waals surface area contributed by atoms with Crippen molar-refractivity contribution in [1.29, 1.82) is 0 Å². The van der Waals surface area contributed by atoms with Gasteiger partial charge in [-0.1, -0.05) is 6.07 Å². The SMILES string of the molecule is CCOc1ccc2[nH]c(=O)c([C@@H](c3nnnn3C[C@H]3CCCO3)N(Cc3ccco3)Cc3cccs3)cc2c1. The average molecular weight is 547 g/mol. The van der Waals surface area contributed by atoms with Crippen molar-refractivity contribution in [2.24, 2.45) is 0 Å². The van der Waals surface area contributed by atoms with E-state index in [1.54, 1.807) is 22.3 Å². The van der Waals surface area contributed by atoms with E-state index in [0.717, 1.165) is 46.7 Å². The molecule has 0 amide bonds. The van der Waals surface area contributed by atoms with Crippen LogP contribution in [0.2, 0.25) is 0 Å². The average Bonchev–Trinajstić information content (AvgIpc) is 3.75. The predicted octanol–water partition coefficient (Wildman–Crippen LogP) is 4.54. The highest BCUT2D eigenvalue weighted by atomic mass is 32.1. The van der Waals surface area contributed by atoms with E-state index in [1.807, 2.05) is 49.4 Å². The lowest BCUT2D eigenvalue weighted by molar-refractivity contribution is 0.0901. The summed E-state index contributed by atoms with van der Waals surface area (Å²) in [7, 11) is 0. The van der Waals surface area contributed by atoms with E-state index in [2.05, 4.69) is 36.9 Å². The van der Waals surface area contributed by atoms with Gasteiger partial charge in [0, 0.05) is 34.5 Å². The van der Waals surface area contributed by atoms with Crippen LogP contribution >= 0.6 is 11.3 Å².